The van der Waals surface area contributed by atoms with Gasteiger partial charge in [-0.1, -0.05) is 24.3 Å². The number of aliphatic imine (C=N–C) groups is 1. The van der Waals surface area contributed by atoms with Crippen molar-refractivity contribution < 1.29 is 9.52 Å². The summed E-state index contributed by atoms with van der Waals surface area (Å²) < 4.78 is 6.50. The van der Waals surface area contributed by atoms with Gasteiger partial charge < -0.3 is 19.1 Å². The van der Waals surface area contributed by atoms with Gasteiger partial charge in [0.2, 0.25) is 0 Å². The number of nitrogens with zero attached hydrogens (tertiary/aromatic N) is 2. The predicted molar refractivity (Wildman–Crippen MR) is 105 cm³/mol. The zero-order valence-corrected chi connectivity index (χ0v) is 14.6. The van der Waals surface area contributed by atoms with Gasteiger partial charge in [0, 0.05) is 12.8 Å². The number of aromatic amines is 1. The van der Waals surface area contributed by atoms with Crippen molar-refractivity contribution in [3.05, 3.63) is 85.2 Å². The third-order valence-electron chi connectivity index (χ3n) is 4.38. The van der Waals surface area contributed by atoms with Gasteiger partial charge in [-0.2, -0.15) is 0 Å². The van der Waals surface area contributed by atoms with Crippen LogP contribution in [-0.2, 0) is 6.54 Å². The van der Waals surface area contributed by atoms with E-state index in [4.69, 9.17) is 4.42 Å². The molecule has 2 aromatic heterocycles. The summed E-state index contributed by atoms with van der Waals surface area (Å²) in [6.07, 6.45) is 1.22. The van der Waals surface area contributed by atoms with Crippen LogP contribution in [0.5, 0.6) is 5.75 Å². The summed E-state index contributed by atoms with van der Waals surface area (Å²) in [7, 11) is 0. The summed E-state index contributed by atoms with van der Waals surface area (Å²) in [5, 5.41) is 10.7. The van der Waals surface area contributed by atoms with E-state index in [2.05, 4.69) is 9.98 Å². The molecule has 0 saturated heterocycles. The van der Waals surface area contributed by atoms with Gasteiger partial charge in [-0.05, 0) is 24.3 Å². The molecular weight excluding hydrogens is 362 g/mol. The molecule has 0 radical (unpaired) electrons. The second kappa shape index (κ2) is 6.99. The van der Waals surface area contributed by atoms with E-state index in [1.807, 2.05) is 0 Å². The van der Waals surface area contributed by atoms with E-state index in [9.17, 15) is 19.5 Å². The first-order chi connectivity index (χ1) is 13.6. The van der Waals surface area contributed by atoms with Crippen LogP contribution < -0.4 is 16.7 Å². The van der Waals surface area contributed by atoms with Crippen molar-refractivity contribution in [1.82, 2.24) is 9.55 Å². The number of aromatic hydroxyl groups is 1. The zero-order valence-electron chi connectivity index (χ0n) is 14.6. The molecule has 140 valence electrons. The molecule has 0 bridgehead atoms. The summed E-state index contributed by atoms with van der Waals surface area (Å²) in [6, 6.07) is 13.6. The summed E-state index contributed by atoms with van der Waals surface area (Å²) in [4.78, 5) is 42.7. The molecule has 0 aliphatic carbocycles. The van der Waals surface area contributed by atoms with E-state index >= 15 is 0 Å². The van der Waals surface area contributed by atoms with Gasteiger partial charge in [0.05, 0.1) is 23.0 Å². The molecule has 0 spiro atoms. The van der Waals surface area contributed by atoms with Gasteiger partial charge in [0.1, 0.15) is 16.9 Å². The van der Waals surface area contributed by atoms with Gasteiger partial charge in [-0.15, -0.1) is 0 Å². The van der Waals surface area contributed by atoms with Crippen LogP contribution in [0.15, 0.2) is 72.3 Å². The Kier molecular flexibility index (Phi) is 4.36. The number of rotatable bonds is 4. The Labute approximate surface area is 157 Å². The molecule has 0 aliphatic rings. The van der Waals surface area contributed by atoms with Crippen molar-refractivity contribution in [1.29, 1.82) is 0 Å². The SMILES string of the molecule is O=c1oc2ccccc2c(O)c1C=NCCn1c(=O)c(=O)[nH]c2ccccc21. The fraction of sp³-hybridized carbons (Fsp3) is 0.100. The van der Waals surface area contributed by atoms with Gasteiger partial charge in [-0.25, -0.2) is 4.79 Å². The van der Waals surface area contributed by atoms with E-state index in [-0.39, 0.29) is 30.0 Å². The van der Waals surface area contributed by atoms with Crippen LogP contribution in [-0.4, -0.2) is 27.4 Å². The van der Waals surface area contributed by atoms with Crippen LogP contribution in [0.2, 0.25) is 0 Å². The molecule has 28 heavy (non-hydrogen) atoms. The third-order valence-corrected chi connectivity index (χ3v) is 4.38. The number of hydrogen-bond acceptors (Lipinski definition) is 6. The van der Waals surface area contributed by atoms with Crippen LogP contribution in [0.1, 0.15) is 5.56 Å². The van der Waals surface area contributed by atoms with Crippen LogP contribution in [0.3, 0.4) is 0 Å². The minimum atomic E-state index is -0.713. The van der Waals surface area contributed by atoms with Crippen LogP contribution >= 0.6 is 0 Å². The maximum atomic E-state index is 12.2. The molecule has 0 fully saturated rings. The van der Waals surface area contributed by atoms with E-state index in [0.29, 0.717) is 16.4 Å². The Hall–Kier alpha value is -3.94. The maximum Gasteiger partial charge on any atom is 0.348 e. The molecule has 0 unspecified atom stereocenters. The molecule has 0 atom stereocenters. The van der Waals surface area contributed by atoms with Crippen molar-refractivity contribution >= 4 is 28.2 Å². The average Bonchev–Trinajstić information content (AvgIpc) is 2.70. The number of aromatic nitrogens is 2. The normalized spacial score (nSPS) is 11.6. The first kappa shape index (κ1) is 17.5. The van der Waals surface area contributed by atoms with E-state index < -0.39 is 16.7 Å². The maximum absolute atomic E-state index is 12.2. The van der Waals surface area contributed by atoms with Crippen LogP contribution in [0.25, 0.3) is 22.0 Å². The van der Waals surface area contributed by atoms with E-state index in [1.54, 1.807) is 48.5 Å². The lowest BCUT2D eigenvalue weighted by molar-refractivity contribution is 0.466. The van der Waals surface area contributed by atoms with Gasteiger partial charge in [0.25, 0.3) is 0 Å². The highest BCUT2D eigenvalue weighted by atomic mass is 16.4. The number of hydrogen-bond donors (Lipinski definition) is 2. The molecule has 2 heterocycles. The third kappa shape index (κ3) is 3.01. The molecular formula is C20H15N3O5. The summed E-state index contributed by atoms with van der Waals surface area (Å²) in [6.45, 7) is 0.262. The average molecular weight is 377 g/mol. The highest BCUT2D eigenvalue weighted by Gasteiger charge is 2.11. The van der Waals surface area contributed by atoms with Gasteiger partial charge >= 0.3 is 16.7 Å². The van der Waals surface area contributed by atoms with Gasteiger partial charge in [-0.3, -0.25) is 14.6 Å². The standard InChI is InChI=1S/C20H15N3O5/c24-17-12-5-1-4-8-16(12)28-20(27)13(17)11-21-9-10-23-15-7-3-2-6-14(15)22-18(25)19(23)26/h1-8,11,24H,9-10H2,(H,22,25). The smallest absolute Gasteiger partial charge is 0.348 e. The lowest BCUT2D eigenvalue weighted by Gasteiger charge is -2.07. The highest BCUT2D eigenvalue weighted by Crippen LogP contribution is 2.24. The fourth-order valence-corrected chi connectivity index (χ4v) is 3.02. The predicted octanol–water partition coefficient (Wildman–Crippen LogP) is 1.62. The molecule has 8 nitrogen and oxygen atoms in total. The lowest BCUT2D eigenvalue weighted by Crippen LogP contribution is -2.36. The minimum absolute atomic E-state index is 0.0678. The Morgan fingerprint density at radius 2 is 1.82 bits per heavy atom. The molecule has 2 aromatic carbocycles. The first-order valence-corrected chi connectivity index (χ1v) is 8.53. The number of H-pyrrole nitrogens is 1. The number of fused-ring (bicyclic) bond motifs is 2. The Bertz CT molecular complexity index is 1400. The summed E-state index contributed by atoms with van der Waals surface area (Å²) in [5.41, 5.74) is -0.763. The Balaban J connectivity index is 1.64. The second-order valence-corrected chi connectivity index (χ2v) is 6.11. The largest absolute Gasteiger partial charge is 0.506 e. The van der Waals surface area contributed by atoms with E-state index in [1.165, 1.54) is 10.8 Å². The Morgan fingerprint density at radius 3 is 2.68 bits per heavy atom. The summed E-state index contributed by atoms with van der Waals surface area (Å²) >= 11 is 0. The minimum Gasteiger partial charge on any atom is -0.506 e. The first-order valence-electron chi connectivity index (χ1n) is 8.53. The number of benzene rings is 2. The monoisotopic (exact) mass is 377 g/mol. The van der Waals surface area contributed by atoms with Crippen molar-refractivity contribution in [2.75, 3.05) is 6.54 Å². The summed E-state index contributed by atoms with van der Waals surface area (Å²) in [5.74, 6) is -0.214. The van der Waals surface area contributed by atoms with Crippen LogP contribution in [0, 0.1) is 0 Å². The quantitative estimate of drug-likeness (QED) is 0.318. The topological polar surface area (TPSA) is 118 Å². The van der Waals surface area contributed by atoms with Crippen molar-refractivity contribution in [2.24, 2.45) is 4.99 Å². The molecule has 0 aliphatic heterocycles. The fourth-order valence-electron chi connectivity index (χ4n) is 3.02. The number of para-hydroxylation sites is 3. The molecule has 8 heteroatoms. The molecule has 0 saturated carbocycles. The van der Waals surface area contributed by atoms with Crippen molar-refractivity contribution in [3.63, 3.8) is 0 Å². The lowest BCUT2D eigenvalue weighted by atomic mass is 10.1. The Morgan fingerprint density at radius 1 is 1.07 bits per heavy atom. The van der Waals surface area contributed by atoms with Gasteiger partial charge in [0.15, 0.2) is 0 Å². The van der Waals surface area contributed by atoms with E-state index in [0.717, 1.165) is 0 Å². The molecule has 4 aromatic rings. The number of nitrogens with one attached hydrogen (secondary N) is 1. The van der Waals surface area contributed by atoms with Crippen molar-refractivity contribution in [3.8, 4) is 5.75 Å². The van der Waals surface area contributed by atoms with Crippen molar-refractivity contribution in [2.45, 2.75) is 6.54 Å². The molecule has 2 N–H and O–H groups in total. The molecule has 0 amide bonds. The molecule has 4 rings (SSSR count). The second-order valence-electron chi connectivity index (χ2n) is 6.11. The zero-order chi connectivity index (χ0) is 19.7. The van der Waals surface area contributed by atoms with Crippen LogP contribution in [0.4, 0.5) is 0 Å². The highest BCUT2D eigenvalue weighted by molar-refractivity contribution is 5.93.